The highest BCUT2D eigenvalue weighted by atomic mass is 35.5. The van der Waals surface area contributed by atoms with Gasteiger partial charge in [0, 0.05) is 17.8 Å². The number of carbonyl (C=O) groups is 2. The molecule has 0 fully saturated rings. The van der Waals surface area contributed by atoms with Crippen LogP contribution in [-0.4, -0.2) is 17.6 Å². The van der Waals surface area contributed by atoms with E-state index in [1.54, 1.807) is 24.3 Å². The Morgan fingerprint density at radius 3 is 2.00 bits per heavy atom. The Labute approximate surface area is 181 Å². The number of rotatable bonds is 7. The van der Waals surface area contributed by atoms with Crippen molar-refractivity contribution >= 4 is 35.7 Å². The van der Waals surface area contributed by atoms with E-state index < -0.39 is 5.91 Å². The first kappa shape index (κ1) is 22.6. The van der Waals surface area contributed by atoms with E-state index in [0.717, 1.165) is 16.7 Å². The predicted molar refractivity (Wildman–Crippen MR) is 122 cm³/mol. The van der Waals surface area contributed by atoms with Crippen LogP contribution < -0.4 is 16.4 Å². The molecule has 30 heavy (non-hydrogen) atoms. The summed E-state index contributed by atoms with van der Waals surface area (Å²) in [6.45, 7) is 0.356. The molecule has 0 atom stereocenters. The van der Waals surface area contributed by atoms with Crippen LogP contribution in [-0.2, 0) is 16.1 Å². The summed E-state index contributed by atoms with van der Waals surface area (Å²) in [5.41, 5.74) is 9.71. The average Bonchev–Trinajstić information content (AvgIpc) is 2.73. The van der Waals surface area contributed by atoms with Gasteiger partial charge in [0.1, 0.15) is 12.3 Å². The largest absolute Gasteiger partial charge is 0.384 e. The van der Waals surface area contributed by atoms with Crippen molar-refractivity contribution in [3.8, 4) is 11.1 Å². The van der Waals surface area contributed by atoms with Crippen molar-refractivity contribution in [1.29, 1.82) is 5.41 Å². The highest BCUT2D eigenvalue weighted by Crippen LogP contribution is 2.19. The lowest BCUT2D eigenvalue weighted by Gasteiger charge is -2.08. The minimum absolute atomic E-state index is 0. The molecule has 0 spiro atoms. The molecular weight excluding hydrogens is 400 g/mol. The molecule has 3 aromatic rings. The second-order valence-electron chi connectivity index (χ2n) is 6.56. The topological polar surface area (TPSA) is 108 Å². The lowest BCUT2D eigenvalue weighted by molar-refractivity contribution is -0.126. The van der Waals surface area contributed by atoms with E-state index in [2.05, 4.69) is 10.6 Å². The minimum atomic E-state index is -0.405. The standard InChI is InChI=1S/C23H22N4O2.ClH/c24-23(25)19-10-12-20(13-11-19)27-22(29)14-21(28)26-15-16-6-8-18(9-7-16)17-4-2-1-3-5-17;/h1-13H,14-15H2,(H3,24,25)(H,26,28)(H,27,29);1H. The third kappa shape index (κ3) is 6.46. The van der Waals surface area contributed by atoms with Crippen LogP contribution in [0.5, 0.6) is 0 Å². The average molecular weight is 423 g/mol. The molecule has 0 saturated carbocycles. The summed E-state index contributed by atoms with van der Waals surface area (Å²) in [5.74, 6) is -0.799. The molecule has 6 nitrogen and oxygen atoms in total. The molecule has 0 radical (unpaired) electrons. The van der Waals surface area contributed by atoms with E-state index in [1.807, 2.05) is 54.6 Å². The minimum Gasteiger partial charge on any atom is -0.384 e. The van der Waals surface area contributed by atoms with Gasteiger partial charge in [-0.2, -0.15) is 0 Å². The molecule has 0 heterocycles. The van der Waals surface area contributed by atoms with Crippen LogP contribution in [0, 0.1) is 5.41 Å². The number of nitrogens with two attached hydrogens (primary N) is 1. The molecule has 0 aliphatic rings. The summed E-state index contributed by atoms with van der Waals surface area (Å²) in [4.78, 5) is 24.0. The first-order valence-corrected chi connectivity index (χ1v) is 9.16. The molecule has 0 aliphatic carbocycles. The van der Waals surface area contributed by atoms with Gasteiger partial charge in [0.2, 0.25) is 11.8 Å². The van der Waals surface area contributed by atoms with Crippen LogP contribution in [0.25, 0.3) is 11.1 Å². The highest BCUT2D eigenvalue weighted by Gasteiger charge is 2.10. The van der Waals surface area contributed by atoms with E-state index in [9.17, 15) is 9.59 Å². The Kier molecular flexibility index (Phi) is 8.14. The molecule has 0 aliphatic heterocycles. The smallest absolute Gasteiger partial charge is 0.233 e. The van der Waals surface area contributed by atoms with Crippen LogP contribution in [0.3, 0.4) is 0 Å². The number of carbonyl (C=O) groups excluding carboxylic acids is 2. The van der Waals surface area contributed by atoms with Gasteiger partial charge in [-0.05, 0) is 41.0 Å². The van der Waals surface area contributed by atoms with Crippen molar-refractivity contribution in [3.05, 3.63) is 90.0 Å². The summed E-state index contributed by atoms with van der Waals surface area (Å²) in [6, 6.07) is 24.5. The highest BCUT2D eigenvalue weighted by molar-refractivity contribution is 6.03. The fourth-order valence-electron chi connectivity index (χ4n) is 2.79. The molecule has 0 aromatic heterocycles. The summed E-state index contributed by atoms with van der Waals surface area (Å²) < 4.78 is 0. The zero-order valence-electron chi connectivity index (χ0n) is 16.2. The molecule has 3 aromatic carbocycles. The Balaban J connectivity index is 0.00000320. The molecule has 3 rings (SSSR count). The number of anilines is 1. The van der Waals surface area contributed by atoms with E-state index in [-0.39, 0.29) is 30.6 Å². The second kappa shape index (κ2) is 10.8. The van der Waals surface area contributed by atoms with E-state index in [0.29, 0.717) is 17.8 Å². The number of benzene rings is 3. The van der Waals surface area contributed by atoms with Gasteiger partial charge in [0.25, 0.3) is 0 Å². The summed E-state index contributed by atoms with van der Waals surface area (Å²) >= 11 is 0. The van der Waals surface area contributed by atoms with E-state index in [4.69, 9.17) is 11.1 Å². The third-order valence-electron chi connectivity index (χ3n) is 4.35. The summed E-state index contributed by atoms with van der Waals surface area (Å²) in [7, 11) is 0. The maximum atomic E-state index is 12.0. The first-order chi connectivity index (χ1) is 14.0. The van der Waals surface area contributed by atoms with Crippen LogP contribution in [0.2, 0.25) is 0 Å². The molecule has 2 amide bonds. The van der Waals surface area contributed by atoms with Crippen molar-refractivity contribution in [2.24, 2.45) is 5.73 Å². The maximum absolute atomic E-state index is 12.0. The first-order valence-electron chi connectivity index (χ1n) is 9.16. The van der Waals surface area contributed by atoms with Crippen LogP contribution in [0.1, 0.15) is 17.5 Å². The van der Waals surface area contributed by atoms with Crippen LogP contribution in [0.4, 0.5) is 5.69 Å². The van der Waals surface area contributed by atoms with Gasteiger partial charge in [0.15, 0.2) is 0 Å². The normalized spacial score (nSPS) is 9.87. The number of hydrogen-bond acceptors (Lipinski definition) is 3. The molecule has 7 heteroatoms. The number of amidine groups is 1. The molecular formula is C23H23ClN4O2. The molecule has 0 unspecified atom stereocenters. The van der Waals surface area contributed by atoms with Crippen molar-refractivity contribution in [2.45, 2.75) is 13.0 Å². The second-order valence-corrected chi connectivity index (χ2v) is 6.56. The Bertz CT molecular complexity index is 1000. The monoisotopic (exact) mass is 422 g/mol. The van der Waals surface area contributed by atoms with E-state index >= 15 is 0 Å². The number of hydrogen-bond donors (Lipinski definition) is 4. The molecule has 0 saturated heterocycles. The quantitative estimate of drug-likeness (QED) is 0.265. The number of halogens is 1. The van der Waals surface area contributed by atoms with Crippen LogP contribution in [0.15, 0.2) is 78.9 Å². The lowest BCUT2D eigenvalue weighted by Crippen LogP contribution is -2.27. The molecule has 5 N–H and O–H groups in total. The Morgan fingerprint density at radius 2 is 1.40 bits per heavy atom. The number of nitrogens with one attached hydrogen (secondary N) is 3. The molecule has 154 valence electrons. The zero-order valence-corrected chi connectivity index (χ0v) is 17.0. The van der Waals surface area contributed by atoms with Crippen LogP contribution >= 0.6 is 12.4 Å². The summed E-state index contributed by atoms with van der Waals surface area (Å²) in [5, 5.41) is 12.8. The van der Waals surface area contributed by atoms with Gasteiger partial charge < -0.3 is 16.4 Å². The third-order valence-corrected chi connectivity index (χ3v) is 4.35. The summed E-state index contributed by atoms with van der Waals surface area (Å²) in [6.07, 6.45) is -0.267. The van der Waals surface area contributed by atoms with Gasteiger partial charge in [-0.15, -0.1) is 12.4 Å². The lowest BCUT2D eigenvalue weighted by atomic mass is 10.0. The van der Waals surface area contributed by atoms with Crippen molar-refractivity contribution in [1.82, 2.24) is 5.32 Å². The maximum Gasteiger partial charge on any atom is 0.233 e. The SMILES string of the molecule is Cl.N=C(N)c1ccc(NC(=O)CC(=O)NCc2ccc(-c3ccccc3)cc2)cc1. The van der Waals surface area contributed by atoms with Crippen molar-refractivity contribution in [2.75, 3.05) is 5.32 Å². The van der Waals surface area contributed by atoms with E-state index in [1.165, 1.54) is 0 Å². The van der Waals surface area contributed by atoms with Crippen molar-refractivity contribution < 1.29 is 9.59 Å². The fourth-order valence-corrected chi connectivity index (χ4v) is 2.79. The Hall–Kier alpha value is -3.64. The fraction of sp³-hybridized carbons (Fsp3) is 0.0870. The zero-order chi connectivity index (χ0) is 20.6. The molecule has 0 bridgehead atoms. The van der Waals surface area contributed by atoms with Gasteiger partial charge in [-0.1, -0.05) is 54.6 Å². The predicted octanol–water partition coefficient (Wildman–Crippen LogP) is 3.70. The van der Waals surface area contributed by atoms with Gasteiger partial charge >= 0.3 is 0 Å². The Morgan fingerprint density at radius 1 is 0.800 bits per heavy atom. The van der Waals surface area contributed by atoms with Gasteiger partial charge in [0.05, 0.1) is 0 Å². The van der Waals surface area contributed by atoms with Gasteiger partial charge in [-0.3, -0.25) is 15.0 Å². The van der Waals surface area contributed by atoms with Crippen molar-refractivity contribution in [3.63, 3.8) is 0 Å². The van der Waals surface area contributed by atoms with Gasteiger partial charge in [-0.25, -0.2) is 0 Å². The number of nitrogen functional groups attached to an aromatic ring is 1. The number of amides is 2.